The van der Waals surface area contributed by atoms with Gasteiger partial charge in [0.05, 0.1) is 6.10 Å². The summed E-state index contributed by atoms with van der Waals surface area (Å²) in [6, 6.07) is 3.89. The molecule has 4 nitrogen and oxygen atoms in total. The summed E-state index contributed by atoms with van der Waals surface area (Å²) in [5, 5.41) is 15.0. The van der Waals surface area contributed by atoms with Crippen molar-refractivity contribution in [2.75, 3.05) is 6.54 Å². The predicted octanol–water partition coefficient (Wildman–Crippen LogP) is 2.79. The van der Waals surface area contributed by atoms with Gasteiger partial charge in [0.1, 0.15) is 5.82 Å². The molecule has 1 atom stereocenters. The van der Waals surface area contributed by atoms with Crippen molar-refractivity contribution in [3.63, 3.8) is 0 Å². The zero-order valence-corrected chi connectivity index (χ0v) is 13.4. The molecule has 3 N–H and O–H groups in total. The Kier molecular flexibility index (Phi) is 5.95. The van der Waals surface area contributed by atoms with Gasteiger partial charge >= 0.3 is 6.03 Å². The normalized spacial score (nSPS) is 12.9. The minimum Gasteiger partial charge on any atom is -0.391 e. The van der Waals surface area contributed by atoms with Gasteiger partial charge in [-0.15, -0.1) is 0 Å². The molecule has 0 spiro atoms. The zero-order chi connectivity index (χ0) is 15.3. The summed E-state index contributed by atoms with van der Waals surface area (Å²) in [5.41, 5.74) is 0.357. The van der Waals surface area contributed by atoms with Gasteiger partial charge in [0.15, 0.2) is 0 Å². The highest BCUT2D eigenvalue weighted by Gasteiger charge is 2.22. The highest BCUT2D eigenvalue weighted by Crippen LogP contribution is 2.18. The number of carbonyl (C=O) groups is 1. The van der Waals surface area contributed by atoms with Gasteiger partial charge < -0.3 is 15.7 Å². The number of urea groups is 1. The van der Waals surface area contributed by atoms with Crippen molar-refractivity contribution in [3.05, 3.63) is 34.1 Å². The fourth-order valence-corrected chi connectivity index (χ4v) is 1.80. The number of amides is 2. The van der Waals surface area contributed by atoms with Crippen LogP contribution in [0.25, 0.3) is 0 Å². The first-order valence-electron chi connectivity index (χ1n) is 6.34. The molecule has 1 aromatic rings. The van der Waals surface area contributed by atoms with E-state index in [1.807, 2.05) is 20.8 Å². The van der Waals surface area contributed by atoms with E-state index in [2.05, 4.69) is 26.6 Å². The Bertz CT molecular complexity index is 475. The lowest BCUT2D eigenvalue weighted by molar-refractivity contribution is 0.0650. The Morgan fingerprint density at radius 3 is 2.65 bits per heavy atom. The summed E-state index contributed by atoms with van der Waals surface area (Å²) < 4.78 is 13.8. The van der Waals surface area contributed by atoms with Crippen LogP contribution in [0.3, 0.4) is 0 Å². The maximum Gasteiger partial charge on any atom is 0.315 e. The number of aliphatic hydroxyl groups is 1. The number of nitrogens with one attached hydrogen (secondary N) is 2. The van der Waals surface area contributed by atoms with E-state index in [-0.39, 0.29) is 24.3 Å². The highest BCUT2D eigenvalue weighted by molar-refractivity contribution is 9.10. The lowest BCUT2D eigenvalue weighted by Gasteiger charge is -2.25. The molecule has 0 aromatic heterocycles. The first-order valence-corrected chi connectivity index (χ1v) is 7.13. The van der Waals surface area contributed by atoms with E-state index < -0.39 is 12.1 Å². The van der Waals surface area contributed by atoms with Gasteiger partial charge in [-0.2, -0.15) is 0 Å². The molecular weight excluding hydrogens is 327 g/mol. The Morgan fingerprint density at radius 1 is 1.40 bits per heavy atom. The molecular formula is C14H20BrFN2O2. The third-order valence-electron chi connectivity index (χ3n) is 2.90. The van der Waals surface area contributed by atoms with E-state index in [1.165, 1.54) is 12.1 Å². The maximum atomic E-state index is 13.1. The van der Waals surface area contributed by atoms with Crippen molar-refractivity contribution < 1.29 is 14.3 Å². The summed E-state index contributed by atoms with van der Waals surface area (Å²) in [4.78, 5) is 11.6. The average molecular weight is 347 g/mol. The largest absolute Gasteiger partial charge is 0.391 e. The van der Waals surface area contributed by atoms with E-state index in [1.54, 1.807) is 6.07 Å². The summed E-state index contributed by atoms with van der Waals surface area (Å²) >= 11 is 3.29. The molecule has 1 aromatic carbocycles. The fourth-order valence-electron chi connectivity index (χ4n) is 1.41. The summed E-state index contributed by atoms with van der Waals surface area (Å²) in [5.74, 6) is -0.353. The van der Waals surface area contributed by atoms with E-state index >= 15 is 0 Å². The molecule has 6 heteroatoms. The van der Waals surface area contributed by atoms with Gasteiger partial charge in [0, 0.05) is 17.6 Å². The number of hydrogen-bond donors (Lipinski definition) is 3. The molecule has 0 saturated heterocycles. The molecule has 0 saturated carbocycles. The van der Waals surface area contributed by atoms with Gasteiger partial charge in [-0.3, -0.25) is 0 Å². The molecule has 0 aliphatic heterocycles. The Morgan fingerprint density at radius 2 is 2.05 bits per heavy atom. The second kappa shape index (κ2) is 7.04. The summed E-state index contributed by atoms with van der Waals surface area (Å²) in [6.45, 7) is 6.04. The van der Waals surface area contributed by atoms with Crippen LogP contribution in [0.15, 0.2) is 22.7 Å². The summed E-state index contributed by atoms with van der Waals surface area (Å²) in [6.07, 6.45) is -0.630. The van der Waals surface area contributed by atoms with Crippen molar-refractivity contribution in [1.29, 1.82) is 0 Å². The number of halogens is 2. The number of benzene rings is 1. The number of rotatable bonds is 4. The van der Waals surface area contributed by atoms with E-state index in [0.717, 1.165) is 4.47 Å². The van der Waals surface area contributed by atoms with E-state index in [9.17, 15) is 14.3 Å². The minimum absolute atomic E-state index is 0.166. The minimum atomic E-state index is -0.630. The molecule has 0 fully saturated rings. The van der Waals surface area contributed by atoms with Gasteiger partial charge in [-0.25, -0.2) is 9.18 Å². The van der Waals surface area contributed by atoms with Crippen LogP contribution in [0.1, 0.15) is 26.3 Å². The first-order chi connectivity index (χ1) is 9.20. The highest BCUT2D eigenvalue weighted by atomic mass is 79.9. The lowest BCUT2D eigenvalue weighted by Crippen LogP contribution is -2.43. The van der Waals surface area contributed by atoms with Crippen LogP contribution in [0.5, 0.6) is 0 Å². The second-order valence-corrected chi connectivity index (χ2v) is 6.54. The number of carbonyl (C=O) groups excluding carboxylic acids is 1. The van der Waals surface area contributed by atoms with Crippen LogP contribution in [0.4, 0.5) is 9.18 Å². The quantitative estimate of drug-likeness (QED) is 0.784. The molecule has 0 aliphatic rings. The Balaban J connectivity index is 2.42. The number of hydrogen-bond acceptors (Lipinski definition) is 2. The van der Waals surface area contributed by atoms with Crippen LogP contribution in [-0.2, 0) is 6.54 Å². The molecule has 0 heterocycles. The van der Waals surface area contributed by atoms with Crippen molar-refractivity contribution >= 4 is 22.0 Å². The standard InChI is InChI=1S/C14H20BrFN2O2/c1-14(2,3)12(19)8-18-13(20)17-7-9-6-10(16)4-5-11(9)15/h4-6,12,19H,7-8H2,1-3H3,(H2,17,18,20). The Hall–Kier alpha value is -1.14. The first kappa shape index (κ1) is 16.9. The molecule has 0 aliphatic carbocycles. The van der Waals surface area contributed by atoms with Gasteiger partial charge in [-0.05, 0) is 29.2 Å². The molecule has 2 amide bonds. The van der Waals surface area contributed by atoms with Crippen LogP contribution in [0, 0.1) is 11.2 Å². The lowest BCUT2D eigenvalue weighted by atomic mass is 9.89. The third-order valence-corrected chi connectivity index (χ3v) is 3.68. The molecule has 112 valence electrons. The average Bonchev–Trinajstić information content (AvgIpc) is 2.35. The van der Waals surface area contributed by atoms with Crippen LogP contribution >= 0.6 is 15.9 Å². The fraction of sp³-hybridized carbons (Fsp3) is 0.500. The van der Waals surface area contributed by atoms with E-state index in [4.69, 9.17) is 0 Å². The molecule has 20 heavy (non-hydrogen) atoms. The zero-order valence-electron chi connectivity index (χ0n) is 11.8. The number of aliphatic hydroxyl groups excluding tert-OH is 1. The monoisotopic (exact) mass is 346 g/mol. The predicted molar refractivity (Wildman–Crippen MR) is 79.8 cm³/mol. The van der Waals surface area contributed by atoms with Crippen LogP contribution < -0.4 is 10.6 Å². The van der Waals surface area contributed by atoms with Crippen molar-refractivity contribution in [2.45, 2.75) is 33.4 Å². The van der Waals surface area contributed by atoms with Crippen molar-refractivity contribution in [3.8, 4) is 0 Å². The van der Waals surface area contributed by atoms with Crippen molar-refractivity contribution in [1.82, 2.24) is 10.6 Å². The summed E-state index contributed by atoms with van der Waals surface area (Å²) in [7, 11) is 0. The van der Waals surface area contributed by atoms with Crippen LogP contribution in [0.2, 0.25) is 0 Å². The van der Waals surface area contributed by atoms with Crippen molar-refractivity contribution in [2.24, 2.45) is 5.41 Å². The third kappa shape index (κ3) is 5.46. The van der Waals surface area contributed by atoms with Gasteiger partial charge in [0.25, 0.3) is 0 Å². The van der Waals surface area contributed by atoms with Crippen LogP contribution in [-0.4, -0.2) is 23.8 Å². The molecule has 0 radical (unpaired) electrons. The van der Waals surface area contributed by atoms with Gasteiger partial charge in [-0.1, -0.05) is 36.7 Å². The molecule has 1 rings (SSSR count). The van der Waals surface area contributed by atoms with E-state index in [0.29, 0.717) is 5.56 Å². The Labute approximate surface area is 126 Å². The molecule has 0 bridgehead atoms. The smallest absolute Gasteiger partial charge is 0.315 e. The maximum absolute atomic E-state index is 13.1. The SMILES string of the molecule is CC(C)(C)C(O)CNC(=O)NCc1cc(F)ccc1Br. The molecule has 1 unspecified atom stereocenters. The van der Waals surface area contributed by atoms with Gasteiger partial charge in [0.2, 0.25) is 0 Å². The topological polar surface area (TPSA) is 61.4 Å². The second-order valence-electron chi connectivity index (χ2n) is 5.68.